The largest absolute Gasteiger partial charge is 0.325 e. The summed E-state index contributed by atoms with van der Waals surface area (Å²) in [6.45, 7) is 2.16. The summed E-state index contributed by atoms with van der Waals surface area (Å²) >= 11 is 3.55. The molecule has 2 N–H and O–H groups in total. The molecule has 1 fully saturated rings. The molecule has 2 rings (SSSR count). The molecule has 2 heteroatoms. The van der Waals surface area contributed by atoms with Gasteiger partial charge in [-0.3, -0.25) is 0 Å². The van der Waals surface area contributed by atoms with Crippen LogP contribution in [0.4, 0.5) is 0 Å². The van der Waals surface area contributed by atoms with Crippen molar-refractivity contribution in [2.45, 2.75) is 38.1 Å². The lowest BCUT2D eigenvalue weighted by molar-refractivity contribution is 0.608. The number of benzene rings is 1. The minimum Gasteiger partial charge on any atom is -0.325 e. The summed E-state index contributed by atoms with van der Waals surface area (Å²) in [7, 11) is 0. The minimum atomic E-state index is 0.175. The molecule has 0 atom stereocenters. The number of hydrogen-bond acceptors (Lipinski definition) is 1. The molecule has 1 aliphatic rings. The van der Waals surface area contributed by atoms with E-state index in [-0.39, 0.29) is 5.54 Å². The molecule has 0 aliphatic heterocycles. The van der Waals surface area contributed by atoms with Crippen molar-refractivity contribution in [3.05, 3.63) is 33.8 Å². The van der Waals surface area contributed by atoms with Gasteiger partial charge >= 0.3 is 0 Å². The fourth-order valence-corrected chi connectivity index (χ4v) is 2.12. The SMILES string of the molecule is Cc1c(Br)cccc1CCC1(N)CC1. The van der Waals surface area contributed by atoms with E-state index in [0.29, 0.717) is 0 Å². The van der Waals surface area contributed by atoms with Crippen LogP contribution in [0.2, 0.25) is 0 Å². The van der Waals surface area contributed by atoms with E-state index >= 15 is 0 Å². The zero-order valence-electron chi connectivity index (χ0n) is 8.52. The molecule has 14 heavy (non-hydrogen) atoms. The van der Waals surface area contributed by atoms with Gasteiger partial charge in [-0.05, 0) is 49.8 Å². The first-order valence-corrected chi connectivity index (χ1v) is 5.93. The molecule has 1 saturated carbocycles. The second kappa shape index (κ2) is 3.67. The van der Waals surface area contributed by atoms with Gasteiger partial charge in [0.2, 0.25) is 0 Å². The van der Waals surface area contributed by atoms with Crippen LogP contribution in [0, 0.1) is 6.92 Å². The van der Waals surface area contributed by atoms with Crippen LogP contribution in [0.1, 0.15) is 30.4 Å². The maximum atomic E-state index is 6.07. The maximum absolute atomic E-state index is 6.07. The second-order valence-corrected chi connectivity index (χ2v) is 5.24. The van der Waals surface area contributed by atoms with E-state index in [4.69, 9.17) is 5.73 Å². The van der Waals surface area contributed by atoms with Gasteiger partial charge in [0.25, 0.3) is 0 Å². The van der Waals surface area contributed by atoms with E-state index in [1.165, 1.54) is 28.4 Å². The molecule has 0 unspecified atom stereocenters. The van der Waals surface area contributed by atoms with E-state index < -0.39 is 0 Å². The zero-order chi connectivity index (χ0) is 10.2. The van der Waals surface area contributed by atoms with Crippen LogP contribution in [-0.4, -0.2) is 5.54 Å². The molecule has 1 aromatic carbocycles. The van der Waals surface area contributed by atoms with Gasteiger partial charge in [-0.2, -0.15) is 0 Å². The normalized spacial score (nSPS) is 18.2. The number of aryl methyl sites for hydroxylation is 1. The summed E-state index contributed by atoms with van der Waals surface area (Å²) in [5, 5.41) is 0. The van der Waals surface area contributed by atoms with Crippen molar-refractivity contribution in [2.24, 2.45) is 5.73 Å². The summed E-state index contributed by atoms with van der Waals surface area (Å²) in [6.07, 6.45) is 4.66. The highest BCUT2D eigenvalue weighted by Gasteiger charge is 2.37. The Morgan fingerprint density at radius 3 is 2.79 bits per heavy atom. The summed E-state index contributed by atoms with van der Waals surface area (Å²) in [5.41, 5.74) is 9.03. The van der Waals surface area contributed by atoms with Crippen molar-refractivity contribution in [1.29, 1.82) is 0 Å². The highest BCUT2D eigenvalue weighted by Crippen LogP contribution is 2.37. The summed E-state index contributed by atoms with van der Waals surface area (Å²) in [6, 6.07) is 6.39. The van der Waals surface area contributed by atoms with Gasteiger partial charge in [-0.1, -0.05) is 28.1 Å². The van der Waals surface area contributed by atoms with Crippen LogP contribution in [0.3, 0.4) is 0 Å². The fourth-order valence-electron chi connectivity index (χ4n) is 1.72. The molecular weight excluding hydrogens is 238 g/mol. The first-order valence-electron chi connectivity index (χ1n) is 5.14. The first kappa shape index (κ1) is 10.2. The van der Waals surface area contributed by atoms with Gasteiger partial charge < -0.3 is 5.73 Å². The summed E-state index contributed by atoms with van der Waals surface area (Å²) in [4.78, 5) is 0. The predicted octanol–water partition coefficient (Wildman–Crippen LogP) is 3.18. The molecule has 0 bridgehead atoms. The number of hydrogen-bond donors (Lipinski definition) is 1. The molecule has 0 radical (unpaired) electrons. The van der Waals surface area contributed by atoms with Crippen molar-refractivity contribution in [3.63, 3.8) is 0 Å². The van der Waals surface area contributed by atoms with Crippen molar-refractivity contribution in [1.82, 2.24) is 0 Å². The van der Waals surface area contributed by atoms with E-state index in [1.807, 2.05) is 0 Å². The topological polar surface area (TPSA) is 26.0 Å². The van der Waals surface area contributed by atoms with Crippen LogP contribution in [0.5, 0.6) is 0 Å². The first-order chi connectivity index (χ1) is 6.61. The third kappa shape index (κ3) is 2.18. The van der Waals surface area contributed by atoms with Gasteiger partial charge in [0.15, 0.2) is 0 Å². The molecule has 0 saturated heterocycles. The Bertz CT molecular complexity index is 342. The third-order valence-corrected chi connectivity index (χ3v) is 4.02. The van der Waals surface area contributed by atoms with Gasteiger partial charge in [0, 0.05) is 10.0 Å². The highest BCUT2D eigenvalue weighted by molar-refractivity contribution is 9.10. The predicted molar refractivity (Wildman–Crippen MR) is 63.4 cm³/mol. The van der Waals surface area contributed by atoms with Crippen LogP contribution in [0.15, 0.2) is 22.7 Å². The van der Waals surface area contributed by atoms with E-state index in [0.717, 1.165) is 12.8 Å². The molecule has 0 aromatic heterocycles. The second-order valence-electron chi connectivity index (χ2n) is 4.39. The summed E-state index contributed by atoms with van der Waals surface area (Å²) in [5.74, 6) is 0. The number of halogens is 1. The molecule has 1 aromatic rings. The average Bonchev–Trinajstić information content (AvgIpc) is 2.88. The van der Waals surface area contributed by atoms with Crippen LogP contribution >= 0.6 is 15.9 Å². The molecule has 0 amide bonds. The van der Waals surface area contributed by atoms with Gasteiger partial charge in [-0.25, -0.2) is 0 Å². The van der Waals surface area contributed by atoms with E-state index in [2.05, 4.69) is 41.1 Å². The van der Waals surface area contributed by atoms with Crippen LogP contribution in [0.25, 0.3) is 0 Å². The van der Waals surface area contributed by atoms with E-state index in [9.17, 15) is 0 Å². The van der Waals surface area contributed by atoms with Crippen molar-refractivity contribution in [2.75, 3.05) is 0 Å². The number of rotatable bonds is 3. The van der Waals surface area contributed by atoms with Crippen LogP contribution < -0.4 is 5.73 Å². The Balaban J connectivity index is 2.05. The smallest absolute Gasteiger partial charge is 0.0207 e. The monoisotopic (exact) mass is 253 g/mol. The Kier molecular flexibility index (Phi) is 2.67. The third-order valence-electron chi connectivity index (χ3n) is 3.16. The Morgan fingerprint density at radius 2 is 2.14 bits per heavy atom. The Morgan fingerprint density at radius 1 is 1.43 bits per heavy atom. The molecule has 1 nitrogen and oxygen atoms in total. The molecule has 1 aliphatic carbocycles. The highest BCUT2D eigenvalue weighted by atomic mass is 79.9. The van der Waals surface area contributed by atoms with Gasteiger partial charge in [0.05, 0.1) is 0 Å². The lowest BCUT2D eigenvalue weighted by Crippen LogP contribution is -2.22. The van der Waals surface area contributed by atoms with E-state index in [1.54, 1.807) is 0 Å². The van der Waals surface area contributed by atoms with Gasteiger partial charge in [-0.15, -0.1) is 0 Å². The van der Waals surface area contributed by atoms with Crippen molar-refractivity contribution < 1.29 is 0 Å². The number of nitrogens with two attached hydrogens (primary N) is 1. The lowest BCUT2D eigenvalue weighted by atomic mass is 10.0. The van der Waals surface area contributed by atoms with Crippen molar-refractivity contribution in [3.8, 4) is 0 Å². The molecular formula is C12H16BrN. The minimum absolute atomic E-state index is 0.175. The Hall–Kier alpha value is -0.340. The summed E-state index contributed by atoms with van der Waals surface area (Å²) < 4.78 is 1.21. The van der Waals surface area contributed by atoms with Gasteiger partial charge in [0.1, 0.15) is 0 Å². The zero-order valence-corrected chi connectivity index (χ0v) is 10.1. The average molecular weight is 254 g/mol. The Labute approximate surface area is 93.8 Å². The fraction of sp³-hybridized carbons (Fsp3) is 0.500. The van der Waals surface area contributed by atoms with Crippen molar-refractivity contribution >= 4 is 15.9 Å². The maximum Gasteiger partial charge on any atom is 0.0207 e. The molecule has 0 heterocycles. The quantitative estimate of drug-likeness (QED) is 0.880. The molecule has 0 spiro atoms. The molecule has 76 valence electrons. The lowest BCUT2D eigenvalue weighted by Gasteiger charge is -2.11. The van der Waals surface area contributed by atoms with Crippen LogP contribution in [-0.2, 0) is 6.42 Å². The standard InChI is InChI=1S/C12H16BrN/c1-9-10(3-2-4-11(9)13)5-6-12(14)7-8-12/h2-4H,5-8,14H2,1H3.